The second kappa shape index (κ2) is 9.37. The van der Waals surface area contributed by atoms with Crippen LogP contribution in [0, 0.1) is 12.8 Å². The minimum absolute atomic E-state index is 0.570. The minimum Gasteiger partial charge on any atom is -0.359 e. The van der Waals surface area contributed by atoms with Crippen LogP contribution in [0.4, 0.5) is 0 Å². The van der Waals surface area contributed by atoms with E-state index in [4.69, 9.17) is 4.98 Å². The van der Waals surface area contributed by atoms with Crippen molar-refractivity contribution in [2.75, 3.05) is 0 Å². The van der Waals surface area contributed by atoms with Gasteiger partial charge in [0.2, 0.25) is 0 Å². The predicted octanol–water partition coefficient (Wildman–Crippen LogP) is 8.13. The summed E-state index contributed by atoms with van der Waals surface area (Å²) in [4.78, 5) is 11.2. The highest BCUT2D eigenvalue weighted by Crippen LogP contribution is 2.37. The van der Waals surface area contributed by atoms with Gasteiger partial charge < -0.3 is 10.3 Å². The zero-order valence-electron chi connectivity index (χ0n) is 21.1. The summed E-state index contributed by atoms with van der Waals surface area (Å²) < 4.78 is 0. The molecule has 0 aliphatic heterocycles. The lowest BCUT2D eigenvalue weighted by molar-refractivity contribution is 0.865. The van der Waals surface area contributed by atoms with Crippen LogP contribution in [-0.4, -0.2) is 20.2 Å². The molecule has 1 aliphatic rings. The van der Waals surface area contributed by atoms with Crippen LogP contribution in [0.5, 0.6) is 0 Å². The highest BCUT2D eigenvalue weighted by molar-refractivity contribution is 7.15. The van der Waals surface area contributed by atoms with Crippen LogP contribution < -0.4 is 5.32 Å². The van der Waals surface area contributed by atoms with Crippen LogP contribution in [-0.2, 0) is 0 Å². The zero-order valence-corrected chi connectivity index (χ0v) is 21.9. The number of nitrogens with zero attached hydrogens (tertiary/aromatic N) is 2. The van der Waals surface area contributed by atoms with E-state index in [0.29, 0.717) is 5.92 Å². The quantitative estimate of drug-likeness (QED) is 0.187. The van der Waals surface area contributed by atoms with Gasteiger partial charge in [-0.25, -0.2) is 4.98 Å². The number of aromatic nitrogens is 4. The lowest BCUT2D eigenvalue weighted by Gasteiger charge is -2.11. The molecule has 1 saturated carbocycles. The maximum absolute atomic E-state index is 5.04. The summed E-state index contributed by atoms with van der Waals surface area (Å²) in [6.07, 6.45) is 8.38. The molecule has 1 aromatic carbocycles. The molecular formula is C31H29N5S. The first-order valence-electron chi connectivity index (χ1n) is 12.5. The van der Waals surface area contributed by atoms with E-state index in [1.807, 2.05) is 36.5 Å². The Morgan fingerprint density at radius 1 is 1.14 bits per heavy atom. The summed E-state index contributed by atoms with van der Waals surface area (Å²) >= 11 is 1.81. The average Bonchev–Trinajstić information content (AvgIpc) is 3.32. The monoisotopic (exact) mass is 503 g/mol. The number of nitrogens with one attached hydrogen (secondary N) is 3. The Morgan fingerprint density at radius 2 is 2.00 bits per heavy atom. The van der Waals surface area contributed by atoms with Gasteiger partial charge in [0, 0.05) is 37.6 Å². The summed E-state index contributed by atoms with van der Waals surface area (Å²) in [5.74, 6) is 0.570. The van der Waals surface area contributed by atoms with E-state index in [0.717, 1.165) is 50.6 Å². The van der Waals surface area contributed by atoms with Gasteiger partial charge in [-0.3, -0.25) is 5.10 Å². The summed E-state index contributed by atoms with van der Waals surface area (Å²) in [5.41, 5.74) is 9.66. The van der Waals surface area contributed by atoms with Gasteiger partial charge in [-0.2, -0.15) is 5.10 Å². The lowest BCUT2D eigenvalue weighted by atomic mass is 10.1. The maximum Gasteiger partial charge on any atom is 0.135 e. The molecule has 5 nitrogen and oxygen atoms in total. The Bertz CT molecular complexity index is 1720. The van der Waals surface area contributed by atoms with Crippen LogP contribution in [0.1, 0.15) is 30.3 Å². The fourth-order valence-corrected chi connectivity index (χ4v) is 5.57. The number of aryl methyl sites for hydroxylation is 1. The second-order valence-electron chi connectivity index (χ2n) is 9.50. The van der Waals surface area contributed by atoms with E-state index in [1.165, 1.54) is 33.5 Å². The number of fused-ring (bicyclic) bond motifs is 2. The van der Waals surface area contributed by atoms with Crippen LogP contribution in [0.3, 0.4) is 0 Å². The molecule has 37 heavy (non-hydrogen) atoms. The number of pyridine rings is 1. The van der Waals surface area contributed by atoms with E-state index in [9.17, 15) is 0 Å². The van der Waals surface area contributed by atoms with Crippen molar-refractivity contribution in [3.8, 4) is 21.8 Å². The number of H-pyrrole nitrogens is 2. The van der Waals surface area contributed by atoms with Crippen LogP contribution in [0.25, 0.3) is 49.3 Å². The number of thiophene rings is 1. The highest BCUT2D eigenvalue weighted by Gasteiger charge is 2.24. The molecule has 6 heteroatoms. The van der Waals surface area contributed by atoms with E-state index in [2.05, 4.69) is 89.1 Å². The molecule has 1 fully saturated rings. The van der Waals surface area contributed by atoms with Crippen LogP contribution in [0.2, 0.25) is 0 Å². The third-order valence-electron chi connectivity index (χ3n) is 6.85. The minimum atomic E-state index is 0.570. The Morgan fingerprint density at radius 3 is 2.73 bits per heavy atom. The Balaban J connectivity index is 1.39. The molecule has 0 spiro atoms. The molecule has 3 N–H and O–H groups in total. The topological polar surface area (TPSA) is 69.4 Å². The first kappa shape index (κ1) is 23.3. The van der Waals surface area contributed by atoms with Gasteiger partial charge in [-0.05, 0) is 86.7 Å². The van der Waals surface area contributed by atoms with Crippen molar-refractivity contribution in [1.29, 1.82) is 0 Å². The SMILES string of the molecule is C=C/C(=C\C(=C/C)c1ccc2[nH]nc(-c3cc4c(-c5ccc(C)s5)cccc4[nH]3)c2n1)NC(=C)C1CC1. The second-order valence-corrected chi connectivity index (χ2v) is 10.8. The molecule has 0 unspecified atom stereocenters. The van der Waals surface area contributed by atoms with Crippen molar-refractivity contribution in [2.24, 2.45) is 5.92 Å². The zero-order chi connectivity index (χ0) is 25.5. The molecule has 0 saturated heterocycles. The normalized spacial score (nSPS) is 14.4. The van der Waals surface area contributed by atoms with Gasteiger partial charge in [0.15, 0.2) is 0 Å². The van der Waals surface area contributed by atoms with Crippen molar-refractivity contribution >= 4 is 38.8 Å². The first-order chi connectivity index (χ1) is 18.0. The summed E-state index contributed by atoms with van der Waals surface area (Å²) in [6.45, 7) is 12.3. The Kier molecular flexibility index (Phi) is 5.89. The fourth-order valence-electron chi connectivity index (χ4n) is 4.66. The van der Waals surface area contributed by atoms with Gasteiger partial charge in [0.1, 0.15) is 11.2 Å². The number of aromatic amines is 2. The maximum atomic E-state index is 5.04. The van der Waals surface area contributed by atoms with Gasteiger partial charge >= 0.3 is 0 Å². The molecule has 0 radical (unpaired) electrons. The molecule has 184 valence electrons. The summed E-state index contributed by atoms with van der Waals surface area (Å²) in [5, 5.41) is 12.4. The number of hydrogen-bond acceptors (Lipinski definition) is 4. The van der Waals surface area contributed by atoms with E-state index in [-0.39, 0.29) is 0 Å². The van der Waals surface area contributed by atoms with Crippen molar-refractivity contribution < 1.29 is 0 Å². The van der Waals surface area contributed by atoms with Gasteiger partial charge in [0.05, 0.1) is 16.9 Å². The highest BCUT2D eigenvalue weighted by atomic mass is 32.1. The average molecular weight is 504 g/mol. The van der Waals surface area contributed by atoms with Crippen molar-refractivity contribution in [3.05, 3.63) is 102 Å². The molecule has 4 heterocycles. The third kappa shape index (κ3) is 4.45. The molecule has 5 aromatic rings. The molecule has 6 rings (SSSR count). The van der Waals surface area contributed by atoms with Gasteiger partial charge in [0.25, 0.3) is 0 Å². The number of benzene rings is 1. The van der Waals surface area contributed by atoms with Crippen molar-refractivity contribution in [1.82, 2.24) is 25.5 Å². The Labute approximate surface area is 220 Å². The van der Waals surface area contributed by atoms with Crippen molar-refractivity contribution in [3.63, 3.8) is 0 Å². The third-order valence-corrected chi connectivity index (χ3v) is 7.88. The van der Waals surface area contributed by atoms with Crippen LogP contribution in [0.15, 0.2) is 91.3 Å². The number of rotatable bonds is 8. The smallest absolute Gasteiger partial charge is 0.135 e. The van der Waals surface area contributed by atoms with Crippen molar-refractivity contribution in [2.45, 2.75) is 26.7 Å². The van der Waals surface area contributed by atoms with E-state index < -0.39 is 0 Å². The number of hydrogen-bond donors (Lipinski definition) is 3. The molecular weight excluding hydrogens is 474 g/mol. The summed E-state index contributed by atoms with van der Waals surface area (Å²) in [6, 6.07) is 17.0. The standard InChI is InChI=1S/C31H29N5S/c1-5-20(16-22(6-2)32-19(4)21-11-12-21)25-13-14-27-30(34-25)31(36-35-27)28-17-24-23(8-7-9-26(24)33-28)29-15-10-18(3)37-29/h5-10,13-17,21,32-33H,2,4,11-12H2,1,3H3,(H,35,36)/b20-5+,22-16+. The number of allylic oxidation sites excluding steroid dienone is 5. The lowest BCUT2D eigenvalue weighted by Crippen LogP contribution is -2.11. The van der Waals surface area contributed by atoms with Crippen LogP contribution >= 0.6 is 11.3 Å². The van der Waals surface area contributed by atoms with E-state index >= 15 is 0 Å². The largest absolute Gasteiger partial charge is 0.359 e. The molecule has 4 aromatic heterocycles. The molecule has 0 amide bonds. The van der Waals surface area contributed by atoms with Gasteiger partial charge in [-0.15, -0.1) is 11.3 Å². The predicted molar refractivity (Wildman–Crippen MR) is 156 cm³/mol. The van der Waals surface area contributed by atoms with E-state index in [1.54, 1.807) is 0 Å². The molecule has 0 atom stereocenters. The molecule has 0 bridgehead atoms. The molecule has 1 aliphatic carbocycles. The first-order valence-corrected chi connectivity index (χ1v) is 13.4. The van der Waals surface area contributed by atoms with Gasteiger partial charge in [-0.1, -0.05) is 31.4 Å². The fraction of sp³-hybridized carbons (Fsp3) is 0.161. The Hall–Kier alpha value is -4.16. The summed E-state index contributed by atoms with van der Waals surface area (Å²) in [7, 11) is 0.